The third-order valence-electron chi connectivity index (χ3n) is 9.79. The van der Waals surface area contributed by atoms with E-state index >= 15 is 0 Å². The number of carbonyl (C=O) groups is 3. The normalized spacial score (nSPS) is 21.7. The van der Waals surface area contributed by atoms with Crippen LogP contribution in [-0.4, -0.2) is 86.0 Å². The molecule has 3 saturated heterocycles. The van der Waals surface area contributed by atoms with E-state index in [0.717, 1.165) is 69.6 Å². The van der Waals surface area contributed by atoms with Crippen LogP contribution in [0.5, 0.6) is 5.75 Å². The van der Waals surface area contributed by atoms with E-state index in [1.165, 1.54) is 31.4 Å². The summed E-state index contributed by atoms with van der Waals surface area (Å²) >= 11 is 0. The van der Waals surface area contributed by atoms with Crippen LogP contribution in [-0.2, 0) is 4.79 Å². The quantitative estimate of drug-likeness (QED) is 0.448. The van der Waals surface area contributed by atoms with Crippen molar-refractivity contribution in [3.63, 3.8) is 0 Å². The zero-order chi connectivity index (χ0) is 30.5. The van der Waals surface area contributed by atoms with Crippen molar-refractivity contribution >= 4 is 23.4 Å². The molecule has 0 radical (unpaired) electrons. The average molecular weight is 608 g/mol. The van der Waals surface area contributed by atoms with Crippen LogP contribution in [0.2, 0.25) is 0 Å². The summed E-state index contributed by atoms with van der Waals surface area (Å²) in [5.74, 6) is 0.208. The number of carbonyl (C=O) groups excluding carboxylic acids is 3. The lowest BCUT2D eigenvalue weighted by Crippen LogP contribution is -2.86. The second-order valence-corrected chi connectivity index (χ2v) is 12.9. The van der Waals surface area contributed by atoms with E-state index in [0.29, 0.717) is 43.3 Å². The van der Waals surface area contributed by atoms with Crippen molar-refractivity contribution in [2.24, 2.45) is 5.92 Å². The van der Waals surface area contributed by atoms with Gasteiger partial charge in [0.2, 0.25) is 5.91 Å². The fraction of sp³-hybridized carbons (Fsp3) is 0.559. The number of quaternary nitrogens is 2. The summed E-state index contributed by atoms with van der Waals surface area (Å²) < 4.78 is 21.0. The van der Waals surface area contributed by atoms with E-state index in [-0.39, 0.29) is 35.3 Å². The molecular formula is C34H46FN5O4+2. The lowest BCUT2D eigenvalue weighted by atomic mass is 9.83. The number of amides is 3. The molecule has 5 N–H and O–H groups in total. The largest absolute Gasteiger partial charge is 0.484 e. The minimum Gasteiger partial charge on any atom is -0.484 e. The highest BCUT2D eigenvalue weighted by Crippen LogP contribution is 2.38. The van der Waals surface area contributed by atoms with Gasteiger partial charge in [0.25, 0.3) is 11.8 Å². The van der Waals surface area contributed by atoms with Gasteiger partial charge in [0, 0.05) is 68.2 Å². The van der Waals surface area contributed by atoms with Gasteiger partial charge in [-0.2, -0.15) is 0 Å². The molecule has 3 aliphatic heterocycles. The molecule has 1 aliphatic carbocycles. The Morgan fingerprint density at radius 1 is 0.773 bits per heavy atom. The van der Waals surface area contributed by atoms with Gasteiger partial charge in [0.15, 0.2) is 6.10 Å². The number of piperidine rings is 1. The van der Waals surface area contributed by atoms with E-state index in [4.69, 9.17) is 4.74 Å². The fourth-order valence-electron chi connectivity index (χ4n) is 7.23. The van der Waals surface area contributed by atoms with Gasteiger partial charge in [0.1, 0.15) is 18.1 Å². The standard InChI is InChI=1S/C34H44FN5O4/c35-27-18-26(19-28(21-27)38-32(41)24-8-11-36-12-9-24)34(43)40-16-14-39(15-17-40)33(42)25-6-7-31(44-29-10-13-37-22-29)30(20-25)23-4-2-1-3-5-23/h6-7,18-21,23-24,29,36-37H,1-5,8-17,22H2,(H,38,41)/p+2/t29-/m0/s1. The second kappa shape index (κ2) is 14.1. The number of piperazine rings is 1. The predicted molar refractivity (Wildman–Crippen MR) is 164 cm³/mol. The molecule has 2 aromatic rings. The number of nitrogens with zero attached hydrogens (tertiary/aromatic N) is 2. The van der Waals surface area contributed by atoms with Crippen LogP contribution in [0.4, 0.5) is 10.1 Å². The van der Waals surface area contributed by atoms with Crippen LogP contribution in [0, 0.1) is 11.7 Å². The smallest absolute Gasteiger partial charge is 0.254 e. The van der Waals surface area contributed by atoms with Crippen LogP contribution in [0.15, 0.2) is 36.4 Å². The van der Waals surface area contributed by atoms with Crippen molar-refractivity contribution in [3.05, 3.63) is 58.9 Å². The maximum Gasteiger partial charge on any atom is 0.254 e. The number of halogens is 1. The van der Waals surface area contributed by atoms with Crippen LogP contribution < -0.4 is 20.7 Å². The summed E-state index contributed by atoms with van der Waals surface area (Å²) in [6.45, 7) is 5.38. The van der Waals surface area contributed by atoms with E-state index in [9.17, 15) is 18.8 Å². The van der Waals surface area contributed by atoms with Gasteiger partial charge in [-0.25, -0.2) is 4.39 Å². The highest BCUT2D eigenvalue weighted by atomic mass is 19.1. The Labute approximate surface area is 258 Å². The summed E-state index contributed by atoms with van der Waals surface area (Å²) in [6, 6.07) is 9.94. The molecule has 0 spiro atoms. The first kappa shape index (κ1) is 30.5. The second-order valence-electron chi connectivity index (χ2n) is 12.9. The first-order valence-electron chi connectivity index (χ1n) is 16.6. The number of hydrogen-bond donors (Lipinski definition) is 3. The van der Waals surface area contributed by atoms with Crippen molar-refractivity contribution in [2.75, 3.05) is 57.7 Å². The number of hydrogen-bond acceptors (Lipinski definition) is 4. The topological polar surface area (TPSA) is 112 Å². The minimum atomic E-state index is -0.566. The van der Waals surface area contributed by atoms with Gasteiger partial charge in [0.05, 0.1) is 19.6 Å². The highest BCUT2D eigenvalue weighted by molar-refractivity contribution is 5.98. The lowest BCUT2D eigenvalue weighted by molar-refractivity contribution is -0.663. The SMILES string of the molecule is O=C(Nc1cc(F)cc(C(=O)N2CCN(C(=O)c3ccc(O[C@H]4CC[NH2+]C4)c(C4CCCCC4)c3)CC2)c1)C1CC[NH2+]CC1. The Morgan fingerprint density at radius 3 is 2.14 bits per heavy atom. The average Bonchev–Trinajstić information content (AvgIpc) is 3.58. The van der Waals surface area contributed by atoms with Gasteiger partial charge in [-0.15, -0.1) is 0 Å². The molecule has 10 heteroatoms. The number of nitrogens with one attached hydrogen (secondary N) is 1. The fourth-order valence-corrected chi connectivity index (χ4v) is 7.23. The molecule has 9 nitrogen and oxygen atoms in total. The molecule has 4 fully saturated rings. The van der Waals surface area contributed by atoms with Gasteiger partial charge in [-0.3, -0.25) is 14.4 Å². The molecule has 1 atom stereocenters. The maximum atomic E-state index is 14.5. The van der Waals surface area contributed by atoms with Crippen molar-refractivity contribution in [1.29, 1.82) is 0 Å². The number of nitrogens with two attached hydrogens (primary N) is 2. The van der Waals surface area contributed by atoms with Crippen molar-refractivity contribution in [1.82, 2.24) is 9.80 Å². The highest BCUT2D eigenvalue weighted by Gasteiger charge is 2.29. The Hall–Kier alpha value is -3.50. The summed E-state index contributed by atoms with van der Waals surface area (Å²) in [5, 5.41) is 7.29. The van der Waals surface area contributed by atoms with Crippen LogP contribution in [0.3, 0.4) is 0 Å². The summed E-state index contributed by atoms with van der Waals surface area (Å²) in [5.41, 5.74) is 2.32. The predicted octanol–water partition coefficient (Wildman–Crippen LogP) is 2.10. The molecule has 0 bridgehead atoms. The van der Waals surface area contributed by atoms with E-state index in [2.05, 4.69) is 22.0 Å². The van der Waals surface area contributed by atoms with Gasteiger partial charge in [-0.05, 0) is 60.7 Å². The molecule has 6 rings (SSSR count). The summed E-state index contributed by atoms with van der Waals surface area (Å²) in [4.78, 5) is 43.2. The zero-order valence-corrected chi connectivity index (χ0v) is 25.6. The Kier molecular flexibility index (Phi) is 9.76. The number of ether oxygens (including phenoxy) is 1. The van der Waals surface area contributed by atoms with Gasteiger partial charge < -0.3 is 30.5 Å². The van der Waals surface area contributed by atoms with Crippen molar-refractivity contribution in [3.8, 4) is 5.75 Å². The lowest BCUT2D eigenvalue weighted by Gasteiger charge is -2.35. The molecule has 3 amide bonds. The summed E-state index contributed by atoms with van der Waals surface area (Å²) in [6.07, 6.45) is 8.74. The first-order valence-corrected chi connectivity index (χ1v) is 16.6. The molecule has 2 aromatic carbocycles. The van der Waals surface area contributed by atoms with Crippen LogP contribution in [0.1, 0.15) is 83.6 Å². The van der Waals surface area contributed by atoms with E-state index in [1.807, 2.05) is 12.1 Å². The molecular weight excluding hydrogens is 561 g/mol. The summed E-state index contributed by atoms with van der Waals surface area (Å²) in [7, 11) is 0. The zero-order valence-electron chi connectivity index (χ0n) is 25.6. The monoisotopic (exact) mass is 607 g/mol. The van der Waals surface area contributed by atoms with E-state index in [1.54, 1.807) is 15.9 Å². The third-order valence-corrected chi connectivity index (χ3v) is 9.79. The molecule has 0 unspecified atom stereocenters. The molecule has 4 aliphatic rings. The molecule has 44 heavy (non-hydrogen) atoms. The number of benzene rings is 2. The third kappa shape index (κ3) is 7.24. The van der Waals surface area contributed by atoms with Crippen molar-refractivity contribution < 1.29 is 34.1 Å². The van der Waals surface area contributed by atoms with Crippen molar-refractivity contribution in [2.45, 2.75) is 63.4 Å². The molecule has 236 valence electrons. The minimum absolute atomic E-state index is 0.0361. The van der Waals surface area contributed by atoms with Gasteiger partial charge in [-0.1, -0.05) is 19.3 Å². The van der Waals surface area contributed by atoms with Crippen LogP contribution >= 0.6 is 0 Å². The molecule has 0 aromatic heterocycles. The van der Waals surface area contributed by atoms with Gasteiger partial charge >= 0.3 is 0 Å². The number of rotatable bonds is 7. The Morgan fingerprint density at radius 2 is 1.45 bits per heavy atom. The maximum absolute atomic E-state index is 14.5. The molecule has 1 saturated carbocycles. The first-order chi connectivity index (χ1) is 21.4. The number of anilines is 1. The van der Waals surface area contributed by atoms with E-state index < -0.39 is 5.82 Å². The Balaban J connectivity index is 1.09. The van der Waals surface area contributed by atoms with Crippen LogP contribution in [0.25, 0.3) is 0 Å². The molecule has 3 heterocycles. The Bertz CT molecular complexity index is 1340.